The number of hydrogen-bond donors (Lipinski definition) is 2. The highest BCUT2D eigenvalue weighted by atomic mass is 16.3. The van der Waals surface area contributed by atoms with Crippen molar-refractivity contribution < 1.29 is 15.0 Å². The molecule has 5 heteroatoms. The quantitative estimate of drug-likeness (QED) is 0.822. The molecule has 24 heavy (non-hydrogen) atoms. The Morgan fingerprint density at radius 2 is 1.42 bits per heavy atom. The van der Waals surface area contributed by atoms with E-state index in [1.807, 2.05) is 4.90 Å². The number of carbonyl (C=O) groups excluding carboxylic acids is 1. The van der Waals surface area contributed by atoms with Crippen molar-refractivity contribution in [3.05, 3.63) is 0 Å². The van der Waals surface area contributed by atoms with E-state index in [1.54, 1.807) is 0 Å². The Hall–Kier alpha value is -0.650. The minimum Gasteiger partial charge on any atom is -0.389 e. The lowest BCUT2D eigenvalue weighted by Crippen LogP contribution is -2.44. The Balaban J connectivity index is 1.51. The first-order chi connectivity index (χ1) is 11.5. The van der Waals surface area contributed by atoms with Gasteiger partial charge in [-0.05, 0) is 58.0 Å². The molecule has 2 aliphatic heterocycles. The van der Waals surface area contributed by atoms with E-state index in [1.165, 1.54) is 19.3 Å². The molecular formula is C19H34N2O3. The van der Waals surface area contributed by atoms with Crippen LogP contribution in [0.2, 0.25) is 0 Å². The summed E-state index contributed by atoms with van der Waals surface area (Å²) in [6.07, 6.45) is 9.76. The van der Waals surface area contributed by atoms with Crippen molar-refractivity contribution in [2.45, 2.75) is 81.8 Å². The second-order valence-corrected chi connectivity index (χ2v) is 8.40. The number of rotatable bonds is 4. The maximum Gasteiger partial charge on any atom is 0.225 e. The average Bonchev–Trinajstić information content (AvgIpc) is 2.95. The summed E-state index contributed by atoms with van der Waals surface area (Å²) in [5.74, 6) is 0.0739. The Labute approximate surface area is 146 Å². The molecule has 0 radical (unpaired) electrons. The topological polar surface area (TPSA) is 64.0 Å². The summed E-state index contributed by atoms with van der Waals surface area (Å²) < 4.78 is 0. The second-order valence-electron chi connectivity index (χ2n) is 8.40. The fraction of sp³-hybridized carbons (Fsp3) is 0.947. The third-order valence-electron chi connectivity index (χ3n) is 6.25. The standard InChI is InChI=1S/C19H34N2O3/c22-17(15-18(23)7-2-1-3-8-18)21-13-6-9-19(24,10-14-21)16-20-11-4-5-12-20/h23-24H,1-16H2/t19-/m0/s1. The largest absolute Gasteiger partial charge is 0.389 e. The number of aliphatic hydroxyl groups is 2. The van der Waals surface area contributed by atoms with Gasteiger partial charge in [0.15, 0.2) is 0 Å². The molecule has 0 bridgehead atoms. The van der Waals surface area contributed by atoms with Crippen molar-refractivity contribution in [3.8, 4) is 0 Å². The Morgan fingerprint density at radius 3 is 2.12 bits per heavy atom. The van der Waals surface area contributed by atoms with Crippen molar-refractivity contribution in [1.29, 1.82) is 0 Å². The van der Waals surface area contributed by atoms with Crippen LogP contribution in [0.1, 0.15) is 70.6 Å². The molecule has 0 unspecified atom stereocenters. The summed E-state index contributed by atoms with van der Waals surface area (Å²) in [5, 5.41) is 21.6. The molecule has 138 valence electrons. The van der Waals surface area contributed by atoms with E-state index in [9.17, 15) is 15.0 Å². The predicted molar refractivity (Wildman–Crippen MR) is 93.7 cm³/mol. The van der Waals surface area contributed by atoms with Crippen LogP contribution in [-0.2, 0) is 4.79 Å². The molecule has 0 spiro atoms. The lowest BCUT2D eigenvalue weighted by atomic mass is 9.82. The number of β-amino-alcohol motifs (C(OH)–C–C–N with tert-alkyl or cyclic N) is 1. The number of carbonyl (C=O) groups is 1. The Kier molecular flexibility index (Phi) is 5.83. The Bertz CT molecular complexity index is 430. The van der Waals surface area contributed by atoms with Crippen molar-refractivity contribution in [2.24, 2.45) is 0 Å². The van der Waals surface area contributed by atoms with E-state index in [4.69, 9.17) is 0 Å². The van der Waals surface area contributed by atoms with Crippen LogP contribution in [-0.4, -0.2) is 69.8 Å². The van der Waals surface area contributed by atoms with Gasteiger partial charge in [-0.3, -0.25) is 4.79 Å². The molecule has 5 nitrogen and oxygen atoms in total. The van der Waals surface area contributed by atoms with Gasteiger partial charge < -0.3 is 20.0 Å². The highest BCUT2D eigenvalue weighted by molar-refractivity contribution is 5.77. The number of nitrogens with zero attached hydrogens (tertiary/aromatic N) is 2. The molecule has 1 aliphatic carbocycles. The van der Waals surface area contributed by atoms with E-state index in [2.05, 4.69) is 4.90 Å². The van der Waals surface area contributed by atoms with Crippen LogP contribution in [0.5, 0.6) is 0 Å². The summed E-state index contributed by atoms with van der Waals surface area (Å²) in [6, 6.07) is 0. The summed E-state index contributed by atoms with van der Waals surface area (Å²) in [5.41, 5.74) is -1.44. The maximum absolute atomic E-state index is 12.7. The van der Waals surface area contributed by atoms with E-state index >= 15 is 0 Å². The maximum atomic E-state index is 12.7. The summed E-state index contributed by atoms with van der Waals surface area (Å²) in [4.78, 5) is 16.9. The lowest BCUT2D eigenvalue weighted by molar-refractivity contribution is -0.138. The molecule has 1 amide bonds. The molecule has 3 fully saturated rings. The lowest BCUT2D eigenvalue weighted by Gasteiger charge is -2.34. The van der Waals surface area contributed by atoms with Crippen molar-refractivity contribution in [2.75, 3.05) is 32.7 Å². The van der Waals surface area contributed by atoms with Gasteiger partial charge in [0.2, 0.25) is 5.91 Å². The van der Waals surface area contributed by atoms with Gasteiger partial charge in [0.05, 0.1) is 17.6 Å². The SMILES string of the molecule is O=C(CC1(O)CCCCC1)N1CCC[C@@](O)(CN2CCCC2)CC1. The second kappa shape index (κ2) is 7.71. The highest BCUT2D eigenvalue weighted by Crippen LogP contribution is 2.32. The van der Waals surface area contributed by atoms with Crippen LogP contribution in [0.4, 0.5) is 0 Å². The van der Waals surface area contributed by atoms with Crippen molar-refractivity contribution >= 4 is 5.91 Å². The third-order valence-corrected chi connectivity index (χ3v) is 6.25. The minimum atomic E-state index is -0.784. The third kappa shape index (κ3) is 4.70. The molecule has 1 atom stereocenters. The highest BCUT2D eigenvalue weighted by Gasteiger charge is 2.37. The molecule has 1 saturated carbocycles. The number of likely N-dealkylation sites (tertiary alicyclic amines) is 2. The summed E-state index contributed by atoms with van der Waals surface area (Å²) in [6.45, 7) is 4.28. The van der Waals surface area contributed by atoms with Gasteiger partial charge >= 0.3 is 0 Å². The van der Waals surface area contributed by atoms with Crippen molar-refractivity contribution in [1.82, 2.24) is 9.80 Å². The molecular weight excluding hydrogens is 304 g/mol. The van der Waals surface area contributed by atoms with Crippen LogP contribution < -0.4 is 0 Å². The molecule has 3 aliphatic rings. The van der Waals surface area contributed by atoms with E-state index in [0.717, 1.165) is 64.7 Å². The molecule has 0 aromatic carbocycles. The fourth-order valence-corrected chi connectivity index (χ4v) is 4.72. The number of hydrogen-bond acceptors (Lipinski definition) is 4. The van der Waals surface area contributed by atoms with Gasteiger partial charge in [-0.1, -0.05) is 19.3 Å². The zero-order valence-corrected chi connectivity index (χ0v) is 15.0. The van der Waals surface area contributed by atoms with E-state index in [0.29, 0.717) is 13.0 Å². The first kappa shape index (κ1) is 18.2. The van der Waals surface area contributed by atoms with E-state index in [-0.39, 0.29) is 12.3 Å². The van der Waals surface area contributed by atoms with Crippen LogP contribution >= 0.6 is 0 Å². The average molecular weight is 338 g/mol. The van der Waals surface area contributed by atoms with Gasteiger partial charge in [0, 0.05) is 19.6 Å². The smallest absolute Gasteiger partial charge is 0.225 e. The molecule has 2 saturated heterocycles. The monoisotopic (exact) mass is 338 g/mol. The number of amides is 1. The summed E-state index contributed by atoms with van der Waals surface area (Å²) >= 11 is 0. The van der Waals surface area contributed by atoms with Gasteiger partial charge in [0.1, 0.15) is 0 Å². The van der Waals surface area contributed by atoms with Gasteiger partial charge in [-0.25, -0.2) is 0 Å². The van der Waals surface area contributed by atoms with Crippen molar-refractivity contribution in [3.63, 3.8) is 0 Å². The molecule has 0 aromatic rings. The summed E-state index contributed by atoms with van der Waals surface area (Å²) in [7, 11) is 0. The first-order valence-corrected chi connectivity index (χ1v) is 9.93. The zero-order valence-electron chi connectivity index (χ0n) is 15.0. The van der Waals surface area contributed by atoms with Gasteiger partial charge in [0.25, 0.3) is 0 Å². The normalized spacial score (nSPS) is 31.8. The molecule has 2 N–H and O–H groups in total. The predicted octanol–water partition coefficient (Wildman–Crippen LogP) is 1.91. The van der Waals surface area contributed by atoms with Crippen LogP contribution in [0.15, 0.2) is 0 Å². The van der Waals surface area contributed by atoms with Crippen LogP contribution in [0.25, 0.3) is 0 Å². The van der Waals surface area contributed by atoms with Crippen LogP contribution in [0, 0.1) is 0 Å². The zero-order chi connectivity index (χ0) is 17.0. The minimum absolute atomic E-state index is 0.0739. The van der Waals surface area contributed by atoms with Gasteiger partial charge in [-0.2, -0.15) is 0 Å². The van der Waals surface area contributed by atoms with Crippen LogP contribution in [0.3, 0.4) is 0 Å². The molecule has 2 heterocycles. The molecule has 3 rings (SSSR count). The van der Waals surface area contributed by atoms with Gasteiger partial charge in [-0.15, -0.1) is 0 Å². The fourth-order valence-electron chi connectivity index (χ4n) is 4.72. The first-order valence-electron chi connectivity index (χ1n) is 9.93. The van der Waals surface area contributed by atoms with E-state index < -0.39 is 11.2 Å². The molecule has 0 aromatic heterocycles. The Morgan fingerprint density at radius 1 is 0.750 bits per heavy atom.